The lowest BCUT2D eigenvalue weighted by Crippen LogP contribution is -2.41. The first-order valence-electron chi connectivity index (χ1n) is 7.35. The molecule has 0 saturated carbocycles. The summed E-state index contributed by atoms with van der Waals surface area (Å²) < 4.78 is 5.39. The number of thioether (sulfide) groups is 1. The Bertz CT molecular complexity index is 487. The van der Waals surface area contributed by atoms with Gasteiger partial charge < -0.3 is 15.4 Å². The van der Waals surface area contributed by atoms with E-state index in [-0.39, 0.29) is 18.0 Å². The average Bonchev–Trinajstić information content (AvgIpc) is 2.48. The van der Waals surface area contributed by atoms with Crippen molar-refractivity contribution < 1.29 is 9.53 Å². The van der Waals surface area contributed by atoms with E-state index in [9.17, 15) is 4.79 Å². The van der Waals surface area contributed by atoms with E-state index in [1.54, 1.807) is 7.11 Å². The maximum atomic E-state index is 12.2. The van der Waals surface area contributed by atoms with E-state index in [1.165, 1.54) is 0 Å². The fourth-order valence-electron chi connectivity index (χ4n) is 2.54. The Balaban J connectivity index is 1.95. The van der Waals surface area contributed by atoms with Gasteiger partial charge in [0.1, 0.15) is 5.75 Å². The summed E-state index contributed by atoms with van der Waals surface area (Å²) in [6.45, 7) is 5.03. The molecule has 2 N–H and O–H groups in total. The molecule has 1 amide bonds. The molecule has 5 heteroatoms. The number of hydrogen-bond donors (Lipinski definition) is 2. The zero-order chi connectivity index (χ0) is 15.2. The van der Waals surface area contributed by atoms with Gasteiger partial charge in [0.05, 0.1) is 13.2 Å². The van der Waals surface area contributed by atoms with Crippen LogP contribution in [0.15, 0.2) is 18.2 Å². The number of amides is 1. The van der Waals surface area contributed by atoms with Gasteiger partial charge in [-0.3, -0.25) is 4.79 Å². The summed E-state index contributed by atoms with van der Waals surface area (Å²) in [6, 6.07) is 6.27. The Morgan fingerprint density at radius 2 is 2.38 bits per heavy atom. The second-order valence-corrected chi connectivity index (χ2v) is 6.61. The lowest BCUT2D eigenvalue weighted by atomic mass is 10.0. The molecule has 1 saturated heterocycles. The average molecular weight is 308 g/mol. The first-order valence-corrected chi connectivity index (χ1v) is 8.50. The zero-order valence-electron chi connectivity index (χ0n) is 12.9. The number of ether oxygens (including phenoxy) is 1. The van der Waals surface area contributed by atoms with Crippen LogP contribution in [0.5, 0.6) is 5.75 Å². The van der Waals surface area contributed by atoms with Crippen molar-refractivity contribution in [2.45, 2.75) is 32.4 Å². The van der Waals surface area contributed by atoms with Crippen molar-refractivity contribution in [2.24, 2.45) is 0 Å². The van der Waals surface area contributed by atoms with Crippen LogP contribution < -0.4 is 15.4 Å². The summed E-state index contributed by atoms with van der Waals surface area (Å²) in [5, 5.41) is 6.47. The maximum Gasteiger partial charge on any atom is 0.222 e. The third-order valence-corrected chi connectivity index (χ3v) is 4.79. The fourth-order valence-corrected chi connectivity index (χ4v) is 3.49. The molecule has 0 aliphatic carbocycles. The predicted octanol–water partition coefficient (Wildman–Crippen LogP) is 2.28. The molecule has 1 aliphatic heterocycles. The second kappa shape index (κ2) is 7.71. The van der Waals surface area contributed by atoms with Gasteiger partial charge in [-0.2, -0.15) is 11.8 Å². The van der Waals surface area contributed by atoms with Crippen LogP contribution in [0.2, 0.25) is 0 Å². The molecule has 0 aromatic heterocycles. The summed E-state index contributed by atoms with van der Waals surface area (Å²) >= 11 is 1.91. The van der Waals surface area contributed by atoms with Crippen LogP contribution in [-0.2, 0) is 4.79 Å². The first kappa shape index (κ1) is 16.2. The molecule has 2 rings (SSSR count). The molecule has 21 heavy (non-hydrogen) atoms. The Hall–Kier alpha value is -1.20. The highest BCUT2D eigenvalue weighted by Gasteiger charge is 2.19. The van der Waals surface area contributed by atoms with Crippen LogP contribution in [0.3, 0.4) is 0 Å². The van der Waals surface area contributed by atoms with Crippen molar-refractivity contribution in [3.8, 4) is 5.75 Å². The number of hydrogen-bond acceptors (Lipinski definition) is 4. The van der Waals surface area contributed by atoms with Crippen LogP contribution in [0.1, 0.15) is 30.5 Å². The summed E-state index contributed by atoms with van der Waals surface area (Å²) in [5.74, 6) is 3.05. The molecule has 1 aromatic carbocycles. The molecule has 116 valence electrons. The molecule has 0 bridgehead atoms. The molecule has 2 unspecified atom stereocenters. The van der Waals surface area contributed by atoms with Gasteiger partial charge in [0.15, 0.2) is 0 Å². The number of rotatable bonds is 5. The molecule has 2 atom stereocenters. The molecular formula is C16H24N2O2S. The highest BCUT2D eigenvalue weighted by atomic mass is 32.2. The van der Waals surface area contributed by atoms with Crippen molar-refractivity contribution in [1.29, 1.82) is 0 Å². The Labute approximate surface area is 131 Å². The third kappa shape index (κ3) is 4.64. The van der Waals surface area contributed by atoms with Crippen molar-refractivity contribution >= 4 is 17.7 Å². The van der Waals surface area contributed by atoms with Gasteiger partial charge in [0.2, 0.25) is 5.91 Å². The molecule has 1 aliphatic rings. The minimum Gasteiger partial charge on any atom is -0.496 e. The number of benzene rings is 1. The van der Waals surface area contributed by atoms with Gasteiger partial charge in [-0.05, 0) is 19.9 Å². The molecule has 1 fully saturated rings. The van der Waals surface area contributed by atoms with Crippen molar-refractivity contribution in [1.82, 2.24) is 10.6 Å². The van der Waals surface area contributed by atoms with Crippen LogP contribution in [0, 0.1) is 6.92 Å². The minimum atomic E-state index is -0.0522. The Kier molecular flexibility index (Phi) is 5.94. The molecule has 1 heterocycles. The lowest BCUT2D eigenvalue weighted by molar-refractivity contribution is -0.122. The Morgan fingerprint density at radius 3 is 3.05 bits per heavy atom. The fraction of sp³-hybridized carbons (Fsp3) is 0.562. The van der Waals surface area contributed by atoms with E-state index >= 15 is 0 Å². The van der Waals surface area contributed by atoms with Gasteiger partial charge in [-0.25, -0.2) is 0 Å². The standard InChI is InChI=1S/C16H24N2O2S/c1-11-4-5-15(20-3)14(8-11)12(2)18-16(19)9-13-10-21-7-6-17-13/h4-5,8,12-13,17H,6-7,9-10H2,1-3H3,(H,18,19). The zero-order valence-corrected chi connectivity index (χ0v) is 13.8. The quantitative estimate of drug-likeness (QED) is 0.876. The van der Waals surface area contributed by atoms with Crippen LogP contribution in [0.25, 0.3) is 0 Å². The van der Waals surface area contributed by atoms with Crippen molar-refractivity contribution in [3.05, 3.63) is 29.3 Å². The number of methoxy groups -OCH3 is 1. The van der Waals surface area contributed by atoms with Gasteiger partial charge >= 0.3 is 0 Å². The van der Waals surface area contributed by atoms with Gasteiger partial charge in [0, 0.05) is 36.1 Å². The number of aryl methyl sites for hydroxylation is 1. The summed E-state index contributed by atoms with van der Waals surface area (Å²) in [4.78, 5) is 12.2. The van der Waals surface area contributed by atoms with E-state index in [1.807, 2.05) is 37.7 Å². The summed E-state index contributed by atoms with van der Waals surface area (Å²) in [6.07, 6.45) is 0.533. The molecule has 0 radical (unpaired) electrons. The monoisotopic (exact) mass is 308 g/mol. The van der Waals surface area contributed by atoms with Crippen molar-refractivity contribution in [3.63, 3.8) is 0 Å². The minimum absolute atomic E-state index is 0.0522. The number of nitrogens with one attached hydrogen (secondary N) is 2. The van der Waals surface area contributed by atoms with Gasteiger partial charge in [-0.15, -0.1) is 0 Å². The third-order valence-electron chi connectivity index (χ3n) is 3.66. The van der Waals surface area contributed by atoms with Crippen LogP contribution >= 0.6 is 11.8 Å². The molecule has 1 aromatic rings. The summed E-state index contributed by atoms with van der Waals surface area (Å²) in [5.41, 5.74) is 2.19. The number of carbonyl (C=O) groups is 1. The molecule has 4 nitrogen and oxygen atoms in total. The van der Waals surface area contributed by atoms with Crippen LogP contribution in [-0.4, -0.2) is 37.1 Å². The van der Waals surface area contributed by atoms with E-state index < -0.39 is 0 Å². The van der Waals surface area contributed by atoms with E-state index in [2.05, 4.69) is 16.7 Å². The van der Waals surface area contributed by atoms with Crippen molar-refractivity contribution in [2.75, 3.05) is 25.2 Å². The summed E-state index contributed by atoms with van der Waals surface area (Å²) in [7, 11) is 1.66. The largest absolute Gasteiger partial charge is 0.496 e. The van der Waals surface area contributed by atoms with E-state index in [0.717, 1.165) is 34.9 Å². The smallest absolute Gasteiger partial charge is 0.222 e. The lowest BCUT2D eigenvalue weighted by Gasteiger charge is -2.24. The highest BCUT2D eigenvalue weighted by molar-refractivity contribution is 7.99. The van der Waals surface area contributed by atoms with Gasteiger partial charge in [0.25, 0.3) is 0 Å². The molecule has 0 spiro atoms. The first-order chi connectivity index (χ1) is 10.1. The SMILES string of the molecule is COc1ccc(C)cc1C(C)NC(=O)CC1CSCCN1. The van der Waals surface area contributed by atoms with Gasteiger partial charge in [-0.1, -0.05) is 17.7 Å². The molecular weight excluding hydrogens is 284 g/mol. The predicted molar refractivity (Wildman–Crippen MR) is 88.0 cm³/mol. The Morgan fingerprint density at radius 1 is 1.57 bits per heavy atom. The van der Waals surface area contributed by atoms with E-state index in [4.69, 9.17) is 4.74 Å². The van der Waals surface area contributed by atoms with Crippen LogP contribution in [0.4, 0.5) is 0 Å². The normalized spacial score (nSPS) is 19.9. The van der Waals surface area contributed by atoms with E-state index in [0.29, 0.717) is 6.42 Å². The highest BCUT2D eigenvalue weighted by Crippen LogP contribution is 2.26. The topological polar surface area (TPSA) is 50.4 Å². The number of carbonyl (C=O) groups excluding carboxylic acids is 1. The maximum absolute atomic E-state index is 12.2. The second-order valence-electron chi connectivity index (χ2n) is 5.46.